The van der Waals surface area contributed by atoms with E-state index in [1.165, 1.54) is 96.3 Å². The molecule has 2 rings (SSSR count). The molecule has 5 heteroatoms. The summed E-state index contributed by atoms with van der Waals surface area (Å²) >= 11 is 0. The maximum absolute atomic E-state index is 12.3. The van der Waals surface area contributed by atoms with Crippen LogP contribution >= 0.6 is 0 Å². The minimum absolute atomic E-state index is 0. The van der Waals surface area contributed by atoms with Crippen LogP contribution in [0.15, 0.2) is 35.2 Å². The van der Waals surface area contributed by atoms with Crippen LogP contribution in [-0.2, 0) is 23.0 Å². The second-order valence-corrected chi connectivity index (χ2v) is 12.0. The molecule has 0 saturated carbocycles. The molecule has 0 atom stereocenters. The van der Waals surface area contributed by atoms with Gasteiger partial charge in [-0.05, 0) is 47.6 Å². The Hall–Kier alpha value is -0.390. The van der Waals surface area contributed by atoms with Crippen LogP contribution in [0.5, 0.6) is 0 Å². The zero-order chi connectivity index (χ0) is 26.1. The molecule has 0 aliphatic heterocycles. The fraction of sp³-hybridized carbons (Fsp3) is 0.688. The summed E-state index contributed by atoms with van der Waals surface area (Å²) in [7, 11) is -4.53. The van der Waals surface area contributed by atoms with Crippen LogP contribution in [0.25, 0.3) is 10.8 Å². The van der Waals surface area contributed by atoms with Gasteiger partial charge in [-0.3, -0.25) is 0 Å². The summed E-state index contributed by atoms with van der Waals surface area (Å²) < 4.78 is 36.9. The molecule has 0 aliphatic rings. The molecule has 0 radical (unpaired) electrons. The molecule has 2 aromatic rings. The third-order valence-electron chi connectivity index (χ3n) is 7.53. The van der Waals surface area contributed by atoms with Crippen molar-refractivity contribution in [3.8, 4) is 0 Å². The number of fused-ring (bicyclic) bond motifs is 1. The van der Waals surface area contributed by atoms with Crippen molar-refractivity contribution >= 4 is 20.9 Å². The fourth-order valence-corrected chi connectivity index (χ4v) is 6.34. The van der Waals surface area contributed by atoms with Gasteiger partial charge in [0.2, 0.25) is 0 Å². The topological polar surface area (TPSA) is 57.2 Å². The van der Waals surface area contributed by atoms with E-state index in [1.807, 2.05) is 18.2 Å². The number of unbranched alkanes of at least 4 members (excludes halogenated alkanes) is 16. The summed E-state index contributed by atoms with van der Waals surface area (Å²) in [4.78, 5) is 0.0218. The third-order valence-corrected chi connectivity index (χ3v) is 8.52. The van der Waals surface area contributed by atoms with Crippen molar-refractivity contribution in [2.75, 3.05) is 0 Å². The van der Waals surface area contributed by atoms with Crippen molar-refractivity contribution in [1.82, 2.24) is 0 Å². The standard InChI is InChI=1S/C32H52O3S.Na/c1-3-5-7-9-11-13-15-17-19-22-28-24-21-25-31-30(28)27-26-29(32(31)36(33,34)35)23-20-18-16-14-12-10-8-6-4-2;/h21,24-27H,3-20,22-23H2,1-2H3,(H,33,34,35);/q;+1/p-1. The smallest absolute Gasteiger partial charge is 0.744 e. The van der Waals surface area contributed by atoms with E-state index >= 15 is 0 Å². The van der Waals surface area contributed by atoms with Gasteiger partial charge in [-0.25, -0.2) is 8.42 Å². The number of benzene rings is 2. The number of hydrogen-bond acceptors (Lipinski definition) is 3. The van der Waals surface area contributed by atoms with Gasteiger partial charge >= 0.3 is 29.6 Å². The Kier molecular flexibility index (Phi) is 19.2. The molecule has 0 bridgehead atoms. The molecule has 0 N–H and O–H groups in total. The van der Waals surface area contributed by atoms with Crippen LogP contribution in [0.2, 0.25) is 0 Å². The Labute approximate surface area is 250 Å². The van der Waals surface area contributed by atoms with E-state index in [-0.39, 0.29) is 34.5 Å². The molecule has 3 nitrogen and oxygen atoms in total. The Morgan fingerprint density at radius 3 is 1.43 bits per heavy atom. The Morgan fingerprint density at radius 1 is 0.541 bits per heavy atom. The Balaban J connectivity index is 0.00000684. The van der Waals surface area contributed by atoms with Crippen molar-refractivity contribution in [3.05, 3.63) is 41.5 Å². The van der Waals surface area contributed by atoms with E-state index in [1.54, 1.807) is 0 Å². The molecule has 0 aliphatic carbocycles. The molecule has 0 fully saturated rings. The van der Waals surface area contributed by atoms with Gasteiger partial charge in [-0.2, -0.15) is 0 Å². The normalized spacial score (nSPS) is 11.6. The molecule has 0 spiro atoms. The van der Waals surface area contributed by atoms with Crippen molar-refractivity contribution in [3.63, 3.8) is 0 Å². The van der Waals surface area contributed by atoms with Gasteiger partial charge in [0.05, 0.1) is 4.90 Å². The first kappa shape index (κ1) is 34.6. The van der Waals surface area contributed by atoms with E-state index in [0.29, 0.717) is 17.4 Å². The summed E-state index contributed by atoms with van der Waals surface area (Å²) in [5.41, 5.74) is 1.86. The average molecular weight is 539 g/mol. The van der Waals surface area contributed by atoms with Crippen molar-refractivity contribution in [2.24, 2.45) is 0 Å². The number of aryl methyl sites for hydroxylation is 2. The van der Waals surface area contributed by atoms with E-state index in [4.69, 9.17) is 0 Å². The van der Waals surface area contributed by atoms with Crippen LogP contribution < -0.4 is 29.6 Å². The fourth-order valence-electron chi connectivity index (χ4n) is 5.40. The van der Waals surface area contributed by atoms with Gasteiger partial charge in [-0.15, -0.1) is 0 Å². The average Bonchev–Trinajstić information content (AvgIpc) is 2.85. The van der Waals surface area contributed by atoms with Crippen molar-refractivity contribution in [2.45, 2.75) is 147 Å². The molecule has 0 heterocycles. The Bertz CT molecular complexity index is 971. The maximum atomic E-state index is 12.3. The van der Waals surface area contributed by atoms with Gasteiger partial charge in [-0.1, -0.05) is 147 Å². The summed E-state index contributed by atoms with van der Waals surface area (Å²) in [6.45, 7) is 4.49. The van der Waals surface area contributed by atoms with E-state index in [0.717, 1.165) is 36.6 Å². The largest absolute Gasteiger partial charge is 1.00 e. The predicted octanol–water partition coefficient (Wildman–Crippen LogP) is 6.89. The van der Waals surface area contributed by atoms with Gasteiger partial charge in [0.15, 0.2) is 0 Å². The SMILES string of the molecule is CCCCCCCCCCCc1ccc2c(CCCCCCCCCCC)cccc2c1S(=O)(=O)[O-].[Na+]. The first-order valence-electron chi connectivity index (χ1n) is 15.0. The van der Waals surface area contributed by atoms with E-state index in [9.17, 15) is 13.0 Å². The van der Waals surface area contributed by atoms with E-state index < -0.39 is 10.1 Å². The first-order valence-corrected chi connectivity index (χ1v) is 16.4. The third kappa shape index (κ3) is 13.5. The maximum Gasteiger partial charge on any atom is 1.00 e. The molecule has 37 heavy (non-hydrogen) atoms. The van der Waals surface area contributed by atoms with Gasteiger partial charge in [0.25, 0.3) is 0 Å². The molecule has 2 aromatic carbocycles. The minimum Gasteiger partial charge on any atom is -0.744 e. The molecule has 204 valence electrons. The summed E-state index contributed by atoms with van der Waals surface area (Å²) in [6, 6.07) is 9.78. The minimum atomic E-state index is -4.53. The van der Waals surface area contributed by atoms with Crippen molar-refractivity contribution in [1.29, 1.82) is 0 Å². The summed E-state index contributed by atoms with van der Waals surface area (Å²) in [5, 5.41) is 1.55. The van der Waals surface area contributed by atoms with Gasteiger partial charge < -0.3 is 4.55 Å². The molecular weight excluding hydrogens is 487 g/mol. The van der Waals surface area contributed by atoms with Crippen molar-refractivity contribution < 1.29 is 42.5 Å². The van der Waals surface area contributed by atoms with Crippen LogP contribution in [-0.4, -0.2) is 13.0 Å². The summed E-state index contributed by atoms with van der Waals surface area (Å²) in [6.07, 6.45) is 24.1. The first-order chi connectivity index (χ1) is 17.5. The number of hydrogen-bond donors (Lipinski definition) is 0. The van der Waals surface area contributed by atoms with Gasteiger partial charge in [0, 0.05) is 0 Å². The molecule has 0 saturated heterocycles. The second kappa shape index (κ2) is 20.5. The van der Waals surface area contributed by atoms with Crippen LogP contribution in [0, 0.1) is 0 Å². The number of rotatable bonds is 21. The van der Waals surface area contributed by atoms with Crippen LogP contribution in [0.1, 0.15) is 141 Å². The zero-order valence-corrected chi connectivity index (χ0v) is 27.0. The van der Waals surface area contributed by atoms with Crippen LogP contribution in [0.4, 0.5) is 0 Å². The zero-order valence-electron chi connectivity index (χ0n) is 24.2. The quantitative estimate of drug-likeness (QED) is 0.0987. The summed E-state index contributed by atoms with van der Waals surface area (Å²) in [5.74, 6) is 0. The van der Waals surface area contributed by atoms with Crippen LogP contribution in [0.3, 0.4) is 0 Å². The van der Waals surface area contributed by atoms with Gasteiger partial charge in [0.1, 0.15) is 10.1 Å². The van der Waals surface area contributed by atoms with E-state index in [2.05, 4.69) is 26.0 Å². The Morgan fingerprint density at radius 2 is 0.973 bits per heavy atom. The monoisotopic (exact) mass is 538 g/mol. The molecular formula is C32H51NaO3S. The molecule has 0 amide bonds. The molecule has 0 aromatic heterocycles. The predicted molar refractivity (Wildman–Crippen MR) is 154 cm³/mol. The second-order valence-electron chi connectivity index (χ2n) is 10.7. The molecule has 0 unspecified atom stereocenters.